The maximum Gasteiger partial charge on any atom is 0.0702 e. The Morgan fingerprint density at radius 2 is 1.31 bits per heavy atom. The number of likely N-dealkylation sites (tertiary alicyclic amines) is 1. The predicted octanol–water partition coefficient (Wildman–Crippen LogP) is 5.46. The summed E-state index contributed by atoms with van der Waals surface area (Å²) in [5.41, 5.74) is 0. The summed E-state index contributed by atoms with van der Waals surface area (Å²) in [7, 11) is 0. The Balaban J connectivity index is 1.27. The first-order valence-electron chi connectivity index (χ1n) is 11.3. The van der Waals surface area contributed by atoms with Crippen LogP contribution in [0.15, 0.2) is 25.6 Å². The molecular formula is C23H43N3. The van der Waals surface area contributed by atoms with Crippen LogP contribution < -0.4 is 0 Å². The number of hydrogen-bond donors (Lipinski definition) is 0. The molecule has 0 bridgehead atoms. The highest BCUT2D eigenvalue weighted by Crippen LogP contribution is 2.22. The van der Waals surface area contributed by atoms with Crippen LogP contribution in [0.1, 0.15) is 77.0 Å². The van der Waals surface area contributed by atoms with Gasteiger partial charge in [-0.15, -0.1) is 0 Å². The molecule has 0 N–H and O–H groups in total. The lowest BCUT2D eigenvalue weighted by Crippen LogP contribution is -2.23. The lowest BCUT2D eigenvalue weighted by Gasteiger charge is -2.15. The summed E-state index contributed by atoms with van der Waals surface area (Å²) >= 11 is 0. The Hall–Kier alpha value is -0.960. The fourth-order valence-corrected chi connectivity index (χ4v) is 4.45. The third-order valence-corrected chi connectivity index (χ3v) is 6.26. The molecule has 2 aliphatic heterocycles. The van der Waals surface area contributed by atoms with E-state index in [1.807, 2.05) is 12.4 Å². The average Bonchev–Trinajstić information content (AvgIpc) is 3.31. The van der Waals surface area contributed by atoms with Crippen LogP contribution in [-0.4, -0.2) is 54.1 Å². The van der Waals surface area contributed by atoms with Crippen LogP contribution in [-0.2, 0) is 0 Å². The SMILES string of the molecule is C=CN1CCC(CCCCCCCCCCCCN2CCN(C=C)C2)C1. The Morgan fingerprint density at radius 3 is 1.88 bits per heavy atom. The Labute approximate surface area is 163 Å². The third-order valence-electron chi connectivity index (χ3n) is 6.26. The van der Waals surface area contributed by atoms with Crippen molar-refractivity contribution >= 4 is 0 Å². The Morgan fingerprint density at radius 1 is 0.692 bits per heavy atom. The van der Waals surface area contributed by atoms with E-state index in [-0.39, 0.29) is 0 Å². The van der Waals surface area contributed by atoms with E-state index >= 15 is 0 Å². The van der Waals surface area contributed by atoms with E-state index in [1.54, 1.807) is 0 Å². The standard InChI is InChI=1S/C23H43N3/c1-3-24-18-16-23(21-24)15-13-11-9-7-5-6-8-10-12-14-17-26-20-19-25(4-2)22-26/h3-4,23H,1-2,5-22H2. The van der Waals surface area contributed by atoms with Crippen molar-refractivity contribution in [1.29, 1.82) is 0 Å². The molecule has 2 rings (SSSR count). The van der Waals surface area contributed by atoms with Crippen LogP contribution in [0.5, 0.6) is 0 Å². The maximum atomic E-state index is 3.88. The topological polar surface area (TPSA) is 9.72 Å². The second kappa shape index (κ2) is 13.2. The zero-order valence-electron chi connectivity index (χ0n) is 17.2. The molecular weight excluding hydrogens is 318 g/mol. The molecule has 26 heavy (non-hydrogen) atoms. The number of rotatable bonds is 15. The molecule has 1 atom stereocenters. The third kappa shape index (κ3) is 8.62. The van der Waals surface area contributed by atoms with Crippen molar-refractivity contribution in [2.75, 3.05) is 39.4 Å². The van der Waals surface area contributed by atoms with Gasteiger partial charge in [-0.3, -0.25) is 4.90 Å². The van der Waals surface area contributed by atoms with Crippen molar-refractivity contribution in [2.45, 2.75) is 77.0 Å². The summed E-state index contributed by atoms with van der Waals surface area (Å²) in [6, 6.07) is 0. The van der Waals surface area contributed by atoms with E-state index in [0.29, 0.717) is 0 Å². The van der Waals surface area contributed by atoms with Crippen molar-refractivity contribution in [3.05, 3.63) is 25.6 Å². The van der Waals surface area contributed by atoms with Crippen LogP contribution in [0.4, 0.5) is 0 Å². The smallest absolute Gasteiger partial charge is 0.0702 e. The highest BCUT2D eigenvalue weighted by atomic mass is 15.4. The molecule has 0 aromatic heterocycles. The van der Waals surface area contributed by atoms with Gasteiger partial charge in [0.25, 0.3) is 0 Å². The Bertz CT molecular complexity index is 346. The second-order valence-electron chi connectivity index (χ2n) is 8.41. The van der Waals surface area contributed by atoms with E-state index in [4.69, 9.17) is 0 Å². The quantitative estimate of drug-likeness (QED) is 0.359. The van der Waals surface area contributed by atoms with Crippen molar-refractivity contribution in [2.24, 2.45) is 5.92 Å². The van der Waals surface area contributed by atoms with E-state index in [2.05, 4.69) is 27.9 Å². The predicted molar refractivity (Wildman–Crippen MR) is 114 cm³/mol. The summed E-state index contributed by atoms with van der Waals surface area (Å²) in [5.74, 6) is 0.938. The zero-order chi connectivity index (χ0) is 18.5. The van der Waals surface area contributed by atoms with Crippen molar-refractivity contribution < 1.29 is 0 Å². The number of unbranched alkanes of at least 4 members (excludes halogenated alkanes) is 9. The monoisotopic (exact) mass is 361 g/mol. The van der Waals surface area contributed by atoms with Gasteiger partial charge in [0.05, 0.1) is 6.67 Å². The van der Waals surface area contributed by atoms with Crippen molar-refractivity contribution in [1.82, 2.24) is 14.7 Å². The van der Waals surface area contributed by atoms with Gasteiger partial charge >= 0.3 is 0 Å². The fourth-order valence-electron chi connectivity index (χ4n) is 4.45. The molecule has 3 heteroatoms. The van der Waals surface area contributed by atoms with Crippen LogP contribution in [0.25, 0.3) is 0 Å². The summed E-state index contributed by atoms with van der Waals surface area (Å²) in [4.78, 5) is 7.25. The van der Waals surface area contributed by atoms with E-state index in [9.17, 15) is 0 Å². The minimum absolute atomic E-state index is 0.938. The van der Waals surface area contributed by atoms with Crippen molar-refractivity contribution in [3.8, 4) is 0 Å². The second-order valence-corrected chi connectivity index (χ2v) is 8.41. The van der Waals surface area contributed by atoms with Crippen LogP contribution in [0.3, 0.4) is 0 Å². The lowest BCUT2D eigenvalue weighted by atomic mass is 9.99. The van der Waals surface area contributed by atoms with E-state index in [0.717, 1.165) is 19.1 Å². The van der Waals surface area contributed by atoms with Gasteiger partial charge in [-0.25, -0.2) is 0 Å². The summed E-state index contributed by atoms with van der Waals surface area (Å²) < 4.78 is 0. The molecule has 0 aromatic carbocycles. The van der Waals surface area contributed by atoms with E-state index < -0.39 is 0 Å². The van der Waals surface area contributed by atoms with Gasteiger partial charge in [-0.05, 0) is 44.1 Å². The molecule has 2 fully saturated rings. The van der Waals surface area contributed by atoms with Crippen LogP contribution >= 0.6 is 0 Å². The van der Waals surface area contributed by atoms with Gasteiger partial charge in [0.15, 0.2) is 0 Å². The first-order chi connectivity index (χ1) is 12.8. The maximum absolute atomic E-state index is 3.88. The van der Waals surface area contributed by atoms with Crippen LogP contribution in [0, 0.1) is 5.92 Å². The molecule has 1 unspecified atom stereocenters. The first kappa shape index (κ1) is 21.3. The molecule has 0 amide bonds. The number of nitrogens with zero attached hydrogens (tertiary/aromatic N) is 3. The molecule has 2 saturated heterocycles. The molecule has 0 radical (unpaired) electrons. The van der Waals surface area contributed by atoms with Gasteiger partial charge < -0.3 is 9.80 Å². The summed E-state index contributed by atoms with van der Waals surface area (Å²) in [6.07, 6.45) is 21.2. The highest BCUT2D eigenvalue weighted by Gasteiger charge is 2.18. The van der Waals surface area contributed by atoms with Gasteiger partial charge in [0.1, 0.15) is 0 Å². The van der Waals surface area contributed by atoms with Gasteiger partial charge in [0, 0.05) is 26.2 Å². The van der Waals surface area contributed by atoms with Crippen molar-refractivity contribution in [3.63, 3.8) is 0 Å². The van der Waals surface area contributed by atoms with Crippen LogP contribution in [0.2, 0.25) is 0 Å². The molecule has 0 aromatic rings. The average molecular weight is 362 g/mol. The normalized spacial score (nSPS) is 20.8. The van der Waals surface area contributed by atoms with Gasteiger partial charge in [-0.2, -0.15) is 0 Å². The minimum atomic E-state index is 0.938. The number of hydrogen-bond acceptors (Lipinski definition) is 3. The zero-order valence-corrected chi connectivity index (χ0v) is 17.2. The molecule has 2 aliphatic rings. The summed E-state index contributed by atoms with van der Waals surface area (Å²) in [5, 5.41) is 0. The fraction of sp³-hybridized carbons (Fsp3) is 0.826. The molecule has 0 saturated carbocycles. The summed E-state index contributed by atoms with van der Waals surface area (Å²) in [6.45, 7) is 15.0. The molecule has 0 aliphatic carbocycles. The highest BCUT2D eigenvalue weighted by molar-refractivity contribution is 4.81. The minimum Gasteiger partial charge on any atom is -0.378 e. The molecule has 0 spiro atoms. The first-order valence-corrected chi connectivity index (χ1v) is 11.3. The van der Waals surface area contributed by atoms with E-state index in [1.165, 1.54) is 103 Å². The Kier molecular flexibility index (Phi) is 10.9. The van der Waals surface area contributed by atoms with Gasteiger partial charge in [0.2, 0.25) is 0 Å². The molecule has 150 valence electrons. The largest absolute Gasteiger partial charge is 0.378 e. The lowest BCUT2D eigenvalue weighted by molar-refractivity contribution is 0.282. The molecule has 2 heterocycles. The van der Waals surface area contributed by atoms with Gasteiger partial charge in [-0.1, -0.05) is 70.9 Å². The molecule has 3 nitrogen and oxygen atoms in total.